The van der Waals surface area contributed by atoms with Crippen molar-refractivity contribution in [3.8, 4) is 5.75 Å². The van der Waals surface area contributed by atoms with Gasteiger partial charge in [0.1, 0.15) is 0 Å². The van der Waals surface area contributed by atoms with Crippen molar-refractivity contribution in [2.24, 2.45) is 0 Å². The van der Waals surface area contributed by atoms with E-state index in [2.05, 4.69) is 0 Å². The molecule has 7 nitrogen and oxygen atoms in total. The van der Waals surface area contributed by atoms with Gasteiger partial charge in [-0.3, -0.25) is 19.7 Å². The molecule has 0 saturated heterocycles. The molecule has 3 rings (SSSR count). The summed E-state index contributed by atoms with van der Waals surface area (Å²) in [6.07, 6.45) is 3.33. The molecule has 2 aromatic rings. The summed E-state index contributed by atoms with van der Waals surface area (Å²) >= 11 is 0. The number of hydrogen-bond acceptors (Lipinski definition) is 5. The number of nitrogens with zero attached hydrogens (tertiary/aromatic N) is 2. The first-order valence-electron chi connectivity index (χ1n) is 8.53. The molecule has 27 heavy (non-hydrogen) atoms. The molecule has 2 amide bonds. The van der Waals surface area contributed by atoms with Crippen LogP contribution in [-0.4, -0.2) is 22.8 Å². The maximum absolute atomic E-state index is 13.0. The average Bonchev–Trinajstić information content (AvgIpc) is 2.67. The van der Waals surface area contributed by atoms with Crippen LogP contribution in [0.4, 0.5) is 11.4 Å². The van der Waals surface area contributed by atoms with E-state index in [1.165, 1.54) is 24.3 Å². The number of fused-ring (bicyclic) bond motifs is 1. The summed E-state index contributed by atoms with van der Waals surface area (Å²) in [5.74, 6) is -0.529. The van der Waals surface area contributed by atoms with Crippen LogP contribution in [0.25, 0.3) is 6.08 Å². The molecule has 0 aromatic heterocycles. The van der Waals surface area contributed by atoms with E-state index in [1.54, 1.807) is 19.1 Å². The zero-order valence-electron chi connectivity index (χ0n) is 14.9. The van der Waals surface area contributed by atoms with Crippen LogP contribution in [0.2, 0.25) is 0 Å². The van der Waals surface area contributed by atoms with E-state index in [-0.39, 0.29) is 11.3 Å². The molecule has 0 radical (unpaired) electrons. The Kier molecular flexibility index (Phi) is 5.03. The molecule has 0 fully saturated rings. The monoisotopic (exact) mass is 366 g/mol. The third kappa shape index (κ3) is 3.31. The number of allylic oxidation sites excluding steroid dienone is 1. The number of nitro benzene ring substituents is 1. The van der Waals surface area contributed by atoms with Crippen LogP contribution in [0.5, 0.6) is 5.75 Å². The minimum absolute atomic E-state index is 0.123. The van der Waals surface area contributed by atoms with Crippen molar-refractivity contribution < 1.29 is 19.2 Å². The molecular formula is C20H18N2O5. The van der Waals surface area contributed by atoms with Crippen molar-refractivity contribution >= 4 is 29.3 Å². The molecule has 0 bridgehead atoms. The van der Waals surface area contributed by atoms with Crippen molar-refractivity contribution in [2.45, 2.75) is 26.4 Å². The summed E-state index contributed by atoms with van der Waals surface area (Å²) in [6.45, 7) is 3.67. The second-order valence-electron chi connectivity index (χ2n) is 5.99. The second kappa shape index (κ2) is 7.41. The van der Waals surface area contributed by atoms with Gasteiger partial charge in [0.25, 0.3) is 17.5 Å². The van der Waals surface area contributed by atoms with E-state index in [9.17, 15) is 19.7 Å². The van der Waals surface area contributed by atoms with E-state index >= 15 is 0 Å². The van der Waals surface area contributed by atoms with Gasteiger partial charge in [0.05, 0.1) is 10.6 Å². The van der Waals surface area contributed by atoms with Crippen molar-refractivity contribution in [2.75, 3.05) is 4.90 Å². The number of non-ortho nitro benzene ring substituents is 1. The van der Waals surface area contributed by atoms with E-state index in [4.69, 9.17) is 4.74 Å². The van der Waals surface area contributed by atoms with Gasteiger partial charge in [-0.25, -0.2) is 4.90 Å². The Morgan fingerprint density at radius 3 is 2.56 bits per heavy atom. The largest absolute Gasteiger partial charge is 0.478 e. The molecule has 0 spiro atoms. The summed E-state index contributed by atoms with van der Waals surface area (Å²) in [5, 5.41) is 10.8. The van der Waals surface area contributed by atoms with Crippen LogP contribution in [0.15, 0.2) is 48.5 Å². The first-order chi connectivity index (χ1) is 13.0. The van der Waals surface area contributed by atoms with Gasteiger partial charge in [-0.1, -0.05) is 31.2 Å². The molecule has 0 saturated carbocycles. The number of ether oxygens (including phenoxy) is 1. The smallest absolute Gasteiger partial charge is 0.275 e. The Morgan fingerprint density at radius 2 is 1.96 bits per heavy atom. The Morgan fingerprint density at radius 1 is 1.26 bits per heavy atom. The van der Waals surface area contributed by atoms with Crippen LogP contribution >= 0.6 is 0 Å². The van der Waals surface area contributed by atoms with Crippen LogP contribution in [0.1, 0.15) is 36.2 Å². The highest BCUT2D eigenvalue weighted by Gasteiger charge is 2.38. The van der Waals surface area contributed by atoms with E-state index in [0.717, 1.165) is 10.5 Å². The lowest BCUT2D eigenvalue weighted by molar-refractivity contribution is -0.384. The first kappa shape index (κ1) is 18.3. The van der Waals surface area contributed by atoms with Gasteiger partial charge in [0, 0.05) is 23.3 Å². The number of carbonyl (C=O) groups excluding carboxylic acids is 2. The molecule has 7 heteroatoms. The number of nitro groups is 1. The zero-order chi connectivity index (χ0) is 19.6. The van der Waals surface area contributed by atoms with Gasteiger partial charge < -0.3 is 4.74 Å². The summed E-state index contributed by atoms with van der Waals surface area (Å²) in [7, 11) is 0. The quantitative estimate of drug-likeness (QED) is 0.464. The third-order valence-corrected chi connectivity index (χ3v) is 4.27. The molecule has 138 valence electrons. The minimum Gasteiger partial charge on any atom is -0.478 e. The number of rotatable bonds is 4. The zero-order valence-corrected chi connectivity index (χ0v) is 14.9. The van der Waals surface area contributed by atoms with Gasteiger partial charge in [-0.05, 0) is 31.5 Å². The van der Waals surface area contributed by atoms with Crippen LogP contribution < -0.4 is 9.64 Å². The molecule has 1 aliphatic rings. The molecule has 1 aliphatic heterocycles. The van der Waals surface area contributed by atoms with E-state index in [0.29, 0.717) is 17.9 Å². The summed E-state index contributed by atoms with van der Waals surface area (Å²) in [6, 6.07) is 10.4. The lowest BCUT2D eigenvalue weighted by Crippen LogP contribution is -2.48. The van der Waals surface area contributed by atoms with Crippen molar-refractivity contribution in [3.05, 3.63) is 69.8 Å². The number of anilines is 1. The Hall–Kier alpha value is -3.48. The molecule has 1 heterocycles. The normalized spacial score (nSPS) is 16.1. The highest BCUT2D eigenvalue weighted by molar-refractivity contribution is 6.23. The number of hydrogen-bond donors (Lipinski definition) is 0. The molecular weight excluding hydrogens is 348 g/mol. The molecule has 0 N–H and O–H groups in total. The maximum Gasteiger partial charge on any atom is 0.275 e. The van der Waals surface area contributed by atoms with Crippen LogP contribution in [0.3, 0.4) is 0 Å². The minimum atomic E-state index is -0.772. The second-order valence-corrected chi connectivity index (χ2v) is 5.99. The fraction of sp³-hybridized carbons (Fsp3) is 0.200. The number of imide groups is 1. The van der Waals surface area contributed by atoms with E-state index in [1.807, 2.05) is 25.1 Å². The first-order valence-corrected chi connectivity index (χ1v) is 8.53. The molecule has 1 unspecified atom stereocenters. The lowest BCUT2D eigenvalue weighted by atomic mass is 10.1. The van der Waals surface area contributed by atoms with Crippen molar-refractivity contribution in [3.63, 3.8) is 0 Å². The fourth-order valence-corrected chi connectivity index (χ4v) is 2.94. The van der Waals surface area contributed by atoms with Crippen molar-refractivity contribution in [1.82, 2.24) is 0 Å². The standard InChI is InChI=1S/C20H18N2O5/c1-3-6-13-7-5-8-16-18(13)27-17(4-2)20(24)21(16)19(23)14-9-11-15(12-10-14)22(25)26/h3,5-12,17H,4H2,1-2H3/b6-3+. The Bertz CT molecular complexity index is 934. The SMILES string of the molecule is C/C=C/c1cccc2c1OC(CC)C(=O)N2C(=O)c1ccc([N+](=O)[O-])cc1. The van der Waals surface area contributed by atoms with Gasteiger partial charge in [0.15, 0.2) is 11.9 Å². The summed E-state index contributed by atoms with van der Waals surface area (Å²) in [4.78, 5) is 37.2. The molecule has 0 aliphatic carbocycles. The topological polar surface area (TPSA) is 89.8 Å². The summed E-state index contributed by atoms with van der Waals surface area (Å²) < 4.78 is 5.86. The number of amides is 2. The van der Waals surface area contributed by atoms with E-state index < -0.39 is 22.8 Å². The average molecular weight is 366 g/mol. The summed E-state index contributed by atoms with van der Waals surface area (Å²) in [5.41, 5.74) is 1.20. The number of benzene rings is 2. The highest BCUT2D eigenvalue weighted by atomic mass is 16.6. The maximum atomic E-state index is 13.0. The van der Waals surface area contributed by atoms with Crippen LogP contribution in [-0.2, 0) is 4.79 Å². The fourth-order valence-electron chi connectivity index (χ4n) is 2.94. The highest BCUT2D eigenvalue weighted by Crippen LogP contribution is 2.39. The Labute approximate surface area is 156 Å². The van der Waals surface area contributed by atoms with Gasteiger partial charge in [-0.2, -0.15) is 0 Å². The Balaban J connectivity index is 2.08. The predicted octanol–water partition coefficient (Wildman–Crippen LogP) is 3.97. The lowest BCUT2D eigenvalue weighted by Gasteiger charge is -2.33. The van der Waals surface area contributed by atoms with Gasteiger partial charge >= 0.3 is 0 Å². The van der Waals surface area contributed by atoms with Crippen molar-refractivity contribution in [1.29, 1.82) is 0 Å². The van der Waals surface area contributed by atoms with Gasteiger partial charge in [-0.15, -0.1) is 0 Å². The molecule has 1 atom stereocenters. The molecule has 2 aromatic carbocycles. The number of carbonyl (C=O) groups is 2. The predicted molar refractivity (Wildman–Crippen MR) is 101 cm³/mol. The third-order valence-electron chi connectivity index (χ3n) is 4.27. The van der Waals surface area contributed by atoms with Gasteiger partial charge in [0.2, 0.25) is 0 Å². The van der Waals surface area contributed by atoms with Crippen LogP contribution in [0, 0.1) is 10.1 Å². The number of para-hydroxylation sites is 1.